The fourth-order valence-corrected chi connectivity index (χ4v) is 2.15. The molecule has 1 aromatic carbocycles. The summed E-state index contributed by atoms with van der Waals surface area (Å²) in [5.41, 5.74) is 3.77. The highest BCUT2D eigenvalue weighted by Crippen LogP contribution is 2.25. The van der Waals surface area contributed by atoms with Crippen LogP contribution in [0, 0.1) is 6.92 Å². The van der Waals surface area contributed by atoms with Gasteiger partial charge in [-0.05, 0) is 36.8 Å². The van der Waals surface area contributed by atoms with E-state index in [9.17, 15) is 9.90 Å². The number of rotatable bonds is 2. The van der Waals surface area contributed by atoms with Crippen molar-refractivity contribution in [1.29, 1.82) is 0 Å². The molecule has 4 nitrogen and oxygen atoms in total. The first-order valence-corrected chi connectivity index (χ1v) is 6.20. The van der Waals surface area contributed by atoms with Crippen LogP contribution in [0.3, 0.4) is 0 Å². The fraction of sp³-hybridized carbons (Fsp3) is 0.0625. The van der Waals surface area contributed by atoms with E-state index in [4.69, 9.17) is 0 Å². The molecule has 0 spiro atoms. The SMILES string of the molecule is Cc1ccc(-c2ccc3nccc(C(=O)O)c3c2)cn1. The maximum absolute atomic E-state index is 11.3. The predicted octanol–water partition coefficient (Wildman–Crippen LogP) is 3.30. The summed E-state index contributed by atoms with van der Waals surface area (Å²) >= 11 is 0. The van der Waals surface area contributed by atoms with Gasteiger partial charge in [-0.15, -0.1) is 0 Å². The van der Waals surface area contributed by atoms with E-state index in [1.165, 1.54) is 12.3 Å². The Morgan fingerprint density at radius 3 is 2.55 bits per heavy atom. The Labute approximate surface area is 115 Å². The third kappa shape index (κ3) is 2.12. The van der Waals surface area contributed by atoms with Gasteiger partial charge < -0.3 is 5.11 Å². The van der Waals surface area contributed by atoms with Crippen molar-refractivity contribution in [2.75, 3.05) is 0 Å². The molecular formula is C16H12N2O2. The van der Waals surface area contributed by atoms with E-state index >= 15 is 0 Å². The quantitative estimate of drug-likeness (QED) is 0.771. The summed E-state index contributed by atoms with van der Waals surface area (Å²) < 4.78 is 0. The van der Waals surface area contributed by atoms with Crippen LogP contribution in [0.15, 0.2) is 48.8 Å². The first-order valence-electron chi connectivity index (χ1n) is 6.20. The second-order valence-corrected chi connectivity index (χ2v) is 4.58. The molecule has 0 saturated heterocycles. The highest BCUT2D eigenvalue weighted by molar-refractivity contribution is 6.03. The summed E-state index contributed by atoms with van der Waals surface area (Å²) in [4.78, 5) is 19.7. The number of carboxylic acid groups (broad SMARTS) is 1. The predicted molar refractivity (Wildman–Crippen MR) is 76.7 cm³/mol. The first-order chi connectivity index (χ1) is 9.65. The Morgan fingerprint density at radius 1 is 1.05 bits per heavy atom. The molecule has 0 radical (unpaired) electrons. The second-order valence-electron chi connectivity index (χ2n) is 4.58. The molecule has 0 aliphatic carbocycles. The Bertz CT molecular complexity index is 795. The Morgan fingerprint density at radius 2 is 1.85 bits per heavy atom. The maximum atomic E-state index is 11.3. The molecule has 2 heterocycles. The number of benzene rings is 1. The molecule has 4 heteroatoms. The standard InChI is InChI=1S/C16H12N2O2/c1-10-2-3-12(9-18-10)11-4-5-15-14(8-11)13(16(19)20)6-7-17-15/h2-9H,1H3,(H,19,20). The summed E-state index contributed by atoms with van der Waals surface area (Å²) in [5, 5.41) is 9.88. The molecule has 0 atom stereocenters. The van der Waals surface area contributed by atoms with Gasteiger partial charge in [-0.1, -0.05) is 12.1 Å². The molecule has 1 N–H and O–H groups in total. The van der Waals surface area contributed by atoms with Crippen LogP contribution in [0.25, 0.3) is 22.0 Å². The van der Waals surface area contributed by atoms with Crippen molar-refractivity contribution in [2.24, 2.45) is 0 Å². The molecule has 0 amide bonds. The van der Waals surface area contributed by atoms with Crippen LogP contribution in [0.1, 0.15) is 16.1 Å². The van der Waals surface area contributed by atoms with Gasteiger partial charge in [-0.3, -0.25) is 9.97 Å². The molecule has 0 aliphatic rings. The van der Waals surface area contributed by atoms with E-state index in [2.05, 4.69) is 9.97 Å². The minimum absolute atomic E-state index is 0.261. The van der Waals surface area contributed by atoms with E-state index in [0.29, 0.717) is 10.9 Å². The van der Waals surface area contributed by atoms with Gasteiger partial charge in [0.25, 0.3) is 0 Å². The zero-order chi connectivity index (χ0) is 14.1. The molecule has 3 aromatic rings. The van der Waals surface area contributed by atoms with E-state index < -0.39 is 5.97 Å². The van der Waals surface area contributed by atoms with Crippen molar-refractivity contribution in [3.8, 4) is 11.1 Å². The van der Waals surface area contributed by atoms with Gasteiger partial charge in [-0.2, -0.15) is 0 Å². The van der Waals surface area contributed by atoms with E-state index in [1.807, 2.05) is 37.3 Å². The van der Waals surface area contributed by atoms with Crippen LogP contribution in [-0.4, -0.2) is 21.0 Å². The van der Waals surface area contributed by atoms with Crippen molar-refractivity contribution in [3.05, 3.63) is 60.0 Å². The van der Waals surface area contributed by atoms with Gasteiger partial charge in [-0.25, -0.2) is 4.79 Å². The zero-order valence-electron chi connectivity index (χ0n) is 10.9. The van der Waals surface area contributed by atoms with Gasteiger partial charge in [0, 0.05) is 29.0 Å². The van der Waals surface area contributed by atoms with E-state index in [1.54, 1.807) is 6.20 Å². The molecule has 0 bridgehead atoms. The highest BCUT2D eigenvalue weighted by Gasteiger charge is 2.10. The normalized spacial score (nSPS) is 10.7. The number of aryl methyl sites for hydroxylation is 1. The van der Waals surface area contributed by atoms with Crippen LogP contribution in [-0.2, 0) is 0 Å². The molecular weight excluding hydrogens is 252 g/mol. The van der Waals surface area contributed by atoms with Crippen LogP contribution in [0.5, 0.6) is 0 Å². The third-order valence-corrected chi connectivity index (χ3v) is 3.22. The molecule has 3 rings (SSSR count). The molecule has 0 aliphatic heterocycles. The monoisotopic (exact) mass is 264 g/mol. The molecule has 2 aromatic heterocycles. The Kier molecular flexibility index (Phi) is 2.91. The van der Waals surface area contributed by atoms with Crippen molar-refractivity contribution in [2.45, 2.75) is 6.92 Å². The lowest BCUT2D eigenvalue weighted by Gasteiger charge is -2.06. The van der Waals surface area contributed by atoms with Gasteiger partial charge in [0.2, 0.25) is 0 Å². The summed E-state index contributed by atoms with van der Waals surface area (Å²) in [6.07, 6.45) is 3.30. The fourth-order valence-electron chi connectivity index (χ4n) is 2.15. The van der Waals surface area contributed by atoms with Gasteiger partial charge >= 0.3 is 5.97 Å². The molecule has 0 unspecified atom stereocenters. The number of carbonyl (C=O) groups is 1. The Hall–Kier alpha value is -2.75. The lowest BCUT2D eigenvalue weighted by atomic mass is 10.0. The largest absolute Gasteiger partial charge is 0.478 e. The van der Waals surface area contributed by atoms with Crippen LogP contribution >= 0.6 is 0 Å². The number of hydrogen-bond donors (Lipinski definition) is 1. The number of aromatic nitrogens is 2. The number of aromatic carboxylic acids is 1. The lowest BCUT2D eigenvalue weighted by Crippen LogP contribution is -1.98. The molecule has 0 fully saturated rings. The molecule has 0 saturated carbocycles. The lowest BCUT2D eigenvalue weighted by molar-refractivity contribution is 0.0699. The summed E-state index contributed by atoms with van der Waals surface area (Å²) in [5.74, 6) is -0.948. The van der Waals surface area contributed by atoms with Gasteiger partial charge in [0.15, 0.2) is 0 Å². The van der Waals surface area contributed by atoms with Crippen LogP contribution < -0.4 is 0 Å². The summed E-state index contributed by atoms with van der Waals surface area (Å²) in [7, 11) is 0. The van der Waals surface area contributed by atoms with Crippen molar-refractivity contribution in [3.63, 3.8) is 0 Å². The number of hydrogen-bond acceptors (Lipinski definition) is 3. The maximum Gasteiger partial charge on any atom is 0.336 e. The van der Waals surface area contributed by atoms with Crippen LogP contribution in [0.2, 0.25) is 0 Å². The first kappa shape index (κ1) is 12.3. The Balaban J connectivity index is 2.21. The average molecular weight is 264 g/mol. The van der Waals surface area contributed by atoms with E-state index in [-0.39, 0.29) is 5.56 Å². The molecule has 98 valence electrons. The number of carboxylic acids is 1. The minimum Gasteiger partial charge on any atom is -0.478 e. The van der Waals surface area contributed by atoms with Crippen molar-refractivity contribution < 1.29 is 9.90 Å². The third-order valence-electron chi connectivity index (χ3n) is 3.22. The molecule has 20 heavy (non-hydrogen) atoms. The highest BCUT2D eigenvalue weighted by atomic mass is 16.4. The second kappa shape index (κ2) is 4.74. The van der Waals surface area contributed by atoms with Crippen LogP contribution in [0.4, 0.5) is 0 Å². The van der Waals surface area contributed by atoms with Gasteiger partial charge in [0.1, 0.15) is 0 Å². The smallest absolute Gasteiger partial charge is 0.336 e. The summed E-state index contributed by atoms with van der Waals surface area (Å²) in [6, 6.07) is 11.0. The summed E-state index contributed by atoms with van der Waals surface area (Å²) in [6.45, 7) is 1.93. The van der Waals surface area contributed by atoms with Crippen molar-refractivity contribution in [1.82, 2.24) is 9.97 Å². The topological polar surface area (TPSA) is 63.1 Å². The minimum atomic E-state index is -0.948. The average Bonchev–Trinajstić information content (AvgIpc) is 2.46. The van der Waals surface area contributed by atoms with Gasteiger partial charge in [0.05, 0.1) is 11.1 Å². The zero-order valence-corrected chi connectivity index (χ0v) is 10.9. The number of fused-ring (bicyclic) bond motifs is 1. The number of nitrogens with zero attached hydrogens (tertiary/aromatic N) is 2. The van der Waals surface area contributed by atoms with Crippen molar-refractivity contribution >= 4 is 16.9 Å². The van der Waals surface area contributed by atoms with E-state index in [0.717, 1.165) is 16.8 Å². The number of pyridine rings is 2.